The topological polar surface area (TPSA) is 30.5 Å². The molecule has 0 radical (unpaired) electrons. The predicted octanol–water partition coefficient (Wildman–Crippen LogP) is 1.98. The molecule has 0 saturated carbocycles. The van der Waals surface area contributed by atoms with E-state index in [0.717, 1.165) is 0 Å². The Bertz CT molecular complexity index is 129. The second kappa shape index (κ2) is 5.58. The van der Waals surface area contributed by atoms with Gasteiger partial charge < -0.3 is 4.74 Å². The van der Waals surface area contributed by atoms with Crippen LogP contribution in [0, 0.1) is 5.92 Å². The van der Waals surface area contributed by atoms with Gasteiger partial charge in [-0.05, 0) is 26.7 Å². The van der Waals surface area contributed by atoms with Gasteiger partial charge in [-0.3, -0.25) is 4.84 Å². The first kappa shape index (κ1) is 12.9. The largest absolute Gasteiger partial charge is 0.383 e. The van der Waals surface area contributed by atoms with Crippen LogP contribution < -0.4 is 5.48 Å². The fourth-order valence-electron chi connectivity index (χ4n) is 0.795. The van der Waals surface area contributed by atoms with Gasteiger partial charge in [-0.1, -0.05) is 13.8 Å². The number of ether oxygens (including phenoxy) is 1. The van der Waals surface area contributed by atoms with E-state index in [0.29, 0.717) is 12.5 Å². The molecule has 80 valence electrons. The number of hydroxylamine groups is 1. The maximum atomic E-state index is 5.48. The lowest BCUT2D eigenvalue weighted by Gasteiger charge is -2.26. The van der Waals surface area contributed by atoms with Crippen LogP contribution in [0.15, 0.2) is 0 Å². The predicted molar refractivity (Wildman–Crippen MR) is 54.5 cm³/mol. The Labute approximate surface area is 81.8 Å². The molecule has 1 unspecified atom stereocenters. The van der Waals surface area contributed by atoms with E-state index < -0.39 is 0 Å². The van der Waals surface area contributed by atoms with Crippen molar-refractivity contribution in [3.8, 4) is 0 Å². The normalized spacial score (nSPS) is 15.0. The molecule has 0 aromatic rings. The van der Waals surface area contributed by atoms with Gasteiger partial charge in [0.1, 0.15) is 0 Å². The van der Waals surface area contributed by atoms with Crippen molar-refractivity contribution in [1.82, 2.24) is 5.48 Å². The third kappa shape index (κ3) is 6.99. The Balaban J connectivity index is 3.82. The van der Waals surface area contributed by atoms with Crippen LogP contribution >= 0.6 is 0 Å². The summed E-state index contributed by atoms with van der Waals surface area (Å²) in [4.78, 5) is 5.48. The van der Waals surface area contributed by atoms with Crippen LogP contribution in [0.1, 0.15) is 34.6 Å². The molecule has 3 nitrogen and oxygen atoms in total. The van der Waals surface area contributed by atoms with Crippen molar-refractivity contribution >= 4 is 0 Å². The van der Waals surface area contributed by atoms with E-state index in [1.807, 2.05) is 20.8 Å². The molecule has 0 aliphatic rings. The highest BCUT2D eigenvalue weighted by Crippen LogP contribution is 2.08. The number of methoxy groups -OCH3 is 1. The first-order chi connectivity index (χ1) is 5.87. The van der Waals surface area contributed by atoms with Crippen LogP contribution in [-0.2, 0) is 9.57 Å². The van der Waals surface area contributed by atoms with E-state index in [1.54, 1.807) is 7.11 Å². The molecule has 0 rings (SSSR count). The second-order valence-corrected chi connectivity index (χ2v) is 4.64. The zero-order valence-electron chi connectivity index (χ0n) is 9.68. The van der Waals surface area contributed by atoms with E-state index in [4.69, 9.17) is 9.57 Å². The highest BCUT2D eigenvalue weighted by molar-refractivity contribution is 4.67. The molecule has 1 N–H and O–H groups in total. The maximum absolute atomic E-state index is 5.48. The van der Waals surface area contributed by atoms with E-state index in [2.05, 4.69) is 19.3 Å². The van der Waals surface area contributed by atoms with Crippen molar-refractivity contribution < 1.29 is 9.57 Å². The van der Waals surface area contributed by atoms with Gasteiger partial charge in [0.25, 0.3) is 0 Å². The summed E-state index contributed by atoms with van der Waals surface area (Å²) in [6.07, 6.45) is 0. The van der Waals surface area contributed by atoms with Crippen LogP contribution in [0.3, 0.4) is 0 Å². The molecule has 0 bridgehead atoms. The quantitative estimate of drug-likeness (QED) is 0.671. The molecule has 0 heterocycles. The van der Waals surface area contributed by atoms with E-state index in [1.165, 1.54) is 0 Å². The minimum Gasteiger partial charge on any atom is -0.383 e. The number of nitrogens with one attached hydrogen (secondary N) is 1. The molecule has 0 fully saturated rings. The summed E-state index contributed by atoms with van der Waals surface area (Å²) in [5.41, 5.74) is 2.88. The fraction of sp³-hybridized carbons (Fsp3) is 1.00. The highest BCUT2D eigenvalue weighted by atomic mass is 16.7. The van der Waals surface area contributed by atoms with Crippen molar-refractivity contribution in [3.63, 3.8) is 0 Å². The summed E-state index contributed by atoms with van der Waals surface area (Å²) in [6.45, 7) is 11.0. The molecule has 0 aromatic carbocycles. The first-order valence-electron chi connectivity index (χ1n) is 4.79. The molecular formula is C10H23NO2. The second-order valence-electron chi connectivity index (χ2n) is 4.64. The molecule has 0 aromatic heterocycles. The van der Waals surface area contributed by atoms with Gasteiger partial charge in [0.05, 0.1) is 18.2 Å². The molecule has 0 aliphatic heterocycles. The SMILES string of the molecule is COCC(NOC(C)(C)C)C(C)C. The van der Waals surface area contributed by atoms with Gasteiger partial charge in [-0.25, -0.2) is 0 Å². The Morgan fingerprint density at radius 2 is 1.77 bits per heavy atom. The zero-order chi connectivity index (χ0) is 10.5. The summed E-state index contributed by atoms with van der Waals surface area (Å²) >= 11 is 0. The summed E-state index contributed by atoms with van der Waals surface area (Å²) in [6, 6.07) is 0.254. The van der Waals surface area contributed by atoms with Crippen molar-refractivity contribution in [3.05, 3.63) is 0 Å². The number of hydrogen-bond donors (Lipinski definition) is 1. The van der Waals surface area contributed by atoms with Crippen LogP contribution in [0.25, 0.3) is 0 Å². The van der Waals surface area contributed by atoms with Gasteiger partial charge in [-0.2, -0.15) is 5.48 Å². The zero-order valence-corrected chi connectivity index (χ0v) is 9.68. The summed E-state index contributed by atoms with van der Waals surface area (Å²) in [5.74, 6) is 0.502. The molecule has 1 atom stereocenters. The monoisotopic (exact) mass is 189 g/mol. The van der Waals surface area contributed by atoms with Gasteiger partial charge in [0.15, 0.2) is 0 Å². The van der Waals surface area contributed by atoms with E-state index in [9.17, 15) is 0 Å². The van der Waals surface area contributed by atoms with Crippen LogP contribution in [0.4, 0.5) is 0 Å². The lowest BCUT2D eigenvalue weighted by molar-refractivity contribution is -0.103. The van der Waals surface area contributed by atoms with Gasteiger partial charge in [0.2, 0.25) is 0 Å². The van der Waals surface area contributed by atoms with E-state index in [-0.39, 0.29) is 11.6 Å². The summed E-state index contributed by atoms with van der Waals surface area (Å²) < 4.78 is 5.09. The molecule has 3 heteroatoms. The van der Waals surface area contributed by atoms with Crippen LogP contribution in [0.2, 0.25) is 0 Å². The summed E-state index contributed by atoms with van der Waals surface area (Å²) in [5, 5.41) is 0. The van der Waals surface area contributed by atoms with Gasteiger partial charge in [0, 0.05) is 7.11 Å². The van der Waals surface area contributed by atoms with Gasteiger partial charge in [-0.15, -0.1) is 0 Å². The van der Waals surface area contributed by atoms with Crippen molar-refractivity contribution in [2.24, 2.45) is 5.92 Å². The molecule has 13 heavy (non-hydrogen) atoms. The molecule has 0 saturated heterocycles. The maximum Gasteiger partial charge on any atom is 0.0813 e. The van der Waals surface area contributed by atoms with Crippen LogP contribution in [0.5, 0.6) is 0 Å². The third-order valence-electron chi connectivity index (χ3n) is 1.67. The average molecular weight is 189 g/mol. The minimum absolute atomic E-state index is 0.152. The van der Waals surface area contributed by atoms with Crippen LogP contribution in [-0.4, -0.2) is 25.4 Å². The fourth-order valence-corrected chi connectivity index (χ4v) is 0.795. The molecule has 0 spiro atoms. The Morgan fingerprint density at radius 3 is 2.08 bits per heavy atom. The summed E-state index contributed by atoms with van der Waals surface area (Å²) in [7, 11) is 1.70. The Kier molecular flexibility index (Phi) is 5.53. The number of rotatable bonds is 5. The Morgan fingerprint density at radius 1 is 1.23 bits per heavy atom. The van der Waals surface area contributed by atoms with Gasteiger partial charge >= 0.3 is 0 Å². The standard InChI is InChI=1S/C10H23NO2/c1-8(2)9(7-12-6)11-13-10(3,4)5/h8-9,11H,7H2,1-6H3. The number of hydrogen-bond acceptors (Lipinski definition) is 3. The molecule has 0 amide bonds. The Hall–Kier alpha value is -0.120. The highest BCUT2D eigenvalue weighted by Gasteiger charge is 2.17. The van der Waals surface area contributed by atoms with Crippen molar-refractivity contribution in [1.29, 1.82) is 0 Å². The average Bonchev–Trinajstić information content (AvgIpc) is 1.95. The lowest BCUT2D eigenvalue weighted by atomic mass is 10.1. The third-order valence-corrected chi connectivity index (χ3v) is 1.67. The first-order valence-corrected chi connectivity index (χ1v) is 4.79. The van der Waals surface area contributed by atoms with Crippen molar-refractivity contribution in [2.45, 2.75) is 46.3 Å². The smallest absolute Gasteiger partial charge is 0.0813 e. The van der Waals surface area contributed by atoms with E-state index >= 15 is 0 Å². The minimum atomic E-state index is -0.152. The van der Waals surface area contributed by atoms with Crippen molar-refractivity contribution in [2.75, 3.05) is 13.7 Å². The molecular weight excluding hydrogens is 166 g/mol. The lowest BCUT2D eigenvalue weighted by Crippen LogP contribution is -2.42. The molecule has 0 aliphatic carbocycles.